The SMILES string of the molecule is O=C(Nc1ccc(-c2cncc(F)c2)nc1C(F)(F)F)c1cccnc1. The molecular weight excluding hydrogens is 352 g/mol. The van der Waals surface area contributed by atoms with Crippen molar-refractivity contribution in [3.8, 4) is 11.3 Å². The number of nitrogens with one attached hydrogen (secondary N) is 1. The van der Waals surface area contributed by atoms with E-state index < -0.39 is 29.3 Å². The predicted molar refractivity (Wildman–Crippen MR) is 84.6 cm³/mol. The highest BCUT2D eigenvalue weighted by atomic mass is 19.4. The van der Waals surface area contributed by atoms with Crippen LogP contribution in [0.3, 0.4) is 0 Å². The van der Waals surface area contributed by atoms with Gasteiger partial charge in [0.15, 0.2) is 5.69 Å². The first kappa shape index (κ1) is 17.5. The zero-order valence-electron chi connectivity index (χ0n) is 13.0. The molecule has 3 aromatic rings. The summed E-state index contributed by atoms with van der Waals surface area (Å²) in [4.78, 5) is 23.0. The molecule has 0 unspecified atom stereocenters. The largest absolute Gasteiger partial charge is 0.435 e. The van der Waals surface area contributed by atoms with Crippen molar-refractivity contribution < 1.29 is 22.4 Å². The smallest absolute Gasteiger partial charge is 0.320 e. The van der Waals surface area contributed by atoms with E-state index in [4.69, 9.17) is 0 Å². The third-order valence-electron chi connectivity index (χ3n) is 3.34. The lowest BCUT2D eigenvalue weighted by molar-refractivity contribution is -0.140. The van der Waals surface area contributed by atoms with E-state index in [0.29, 0.717) is 0 Å². The Balaban J connectivity index is 1.99. The van der Waals surface area contributed by atoms with Gasteiger partial charge in [-0.05, 0) is 30.3 Å². The Hall–Kier alpha value is -3.36. The number of anilines is 1. The molecule has 1 N–H and O–H groups in total. The molecule has 0 aliphatic rings. The summed E-state index contributed by atoms with van der Waals surface area (Å²) in [7, 11) is 0. The number of hydrogen-bond acceptors (Lipinski definition) is 4. The molecule has 0 radical (unpaired) electrons. The minimum Gasteiger partial charge on any atom is -0.320 e. The van der Waals surface area contributed by atoms with Gasteiger partial charge in [-0.25, -0.2) is 9.37 Å². The standard InChI is InChI=1S/C17H10F4N4O/c18-12-6-11(8-23-9-12)13-3-4-14(15(24-13)17(19,20)21)25-16(26)10-2-1-5-22-7-10/h1-9H,(H,25,26). The van der Waals surface area contributed by atoms with E-state index in [1.807, 2.05) is 0 Å². The molecule has 0 atom stereocenters. The molecule has 0 bridgehead atoms. The molecule has 1 amide bonds. The Morgan fingerprint density at radius 2 is 1.85 bits per heavy atom. The molecule has 3 aromatic heterocycles. The second-order valence-electron chi connectivity index (χ2n) is 5.18. The van der Waals surface area contributed by atoms with E-state index in [-0.39, 0.29) is 16.8 Å². The van der Waals surface area contributed by atoms with Gasteiger partial charge >= 0.3 is 6.18 Å². The van der Waals surface area contributed by atoms with Gasteiger partial charge in [-0.15, -0.1) is 0 Å². The van der Waals surface area contributed by atoms with E-state index in [0.717, 1.165) is 18.3 Å². The minimum atomic E-state index is -4.83. The van der Waals surface area contributed by atoms with Crippen molar-refractivity contribution in [2.75, 3.05) is 5.32 Å². The average molecular weight is 362 g/mol. The number of aromatic nitrogens is 3. The summed E-state index contributed by atoms with van der Waals surface area (Å²) in [5.74, 6) is -1.46. The molecule has 132 valence electrons. The maximum atomic E-state index is 13.4. The van der Waals surface area contributed by atoms with Crippen molar-refractivity contribution in [3.05, 3.63) is 72.2 Å². The van der Waals surface area contributed by atoms with Crippen LogP contribution in [0.15, 0.2) is 55.1 Å². The molecule has 0 aromatic carbocycles. The Morgan fingerprint density at radius 1 is 1.04 bits per heavy atom. The summed E-state index contributed by atoms with van der Waals surface area (Å²) in [6.07, 6.45) is -0.0471. The molecule has 0 saturated heterocycles. The van der Waals surface area contributed by atoms with Crippen molar-refractivity contribution in [2.24, 2.45) is 0 Å². The molecule has 0 aliphatic heterocycles. The lowest BCUT2D eigenvalue weighted by atomic mass is 10.1. The fourth-order valence-corrected chi connectivity index (χ4v) is 2.18. The van der Waals surface area contributed by atoms with Crippen LogP contribution in [0.5, 0.6) is 0 Å². The maximum absolute atomic E-state index is 13.4. The van der Waals surface area contributed by atoms with Gasteiger partial charge in [0, 0.05) is 24.2 Å². The Kier molecular flexibility index (Phi) is 4.61. The highest BCUT2D eigenvalue weighted by Gasteiger charge is 2.36. The van der Waals surface area contributed by atoms with Gasteiger partial charge in [0.05, 0.1) is 23.1 Å². The van der Waals surface area contributed by atoms with Gasteiger partial charge in [0.2, 0.25) is 0 Å². The number of nitrogens with zero attached hydrogens (tertiary/aromatic N) is 3. The summed E-state index contributed by atoms with van der Waals surface area (Å²) in [6.45, 7) is 0. The minimum absolute atomic E-state index is 0.0839. The normalized spacial score (nSPS) is 11.2. The number of carbonyl (C=O) groups is 1. The predicted octanol–water partition coefficient (Wildman–Crippen LogP) is 3.95. The highest BCUT2D eigenvalue weighted by molar-refractivity contribution is 6.04. The van der Waals surface area contributed by atoms with Crippen molar-refractivity contribution in [3.63, 3.8) is 0 Å². The topological polar surface area (TPSA) is 67.8 Å². The second kappa shape index (κ2) is 6.87. The monoisotopic (exact) mass is 362 g/mol. The number of amides is 1. The number of halogens is 4. The van der Waals surface area contributed by atoms with Crippen molar-refractivity contribution >= 4 is 11.6 Å². The zero-order valence-corrected chi connectivity index (χ0v) is 13.0. The summed E-state index contributed by atoms with van der Waals surface area (Å²) < 4.78 is 53.3. The fraction of sp³-hybridized carbons (Fsp3) is 0.0588. The third-order valence-corrected chi connectivity index (χ3v) is 3.34. The number of alkyl halides is 3. The van der Waals surface area contributed by atoms with E-state index in [1.165, 1.54) is 36.8 Å². The molecule has 9 heteroatoms. The average Bonchev–Trinajstić information content (AvgIpc) is 2.62. The molecule has 0 spiro atoms. The summed E-state index contributed by atoms with van der Waals surface area (Å²) in [5.41, 5.74) is -1.75. The van der Waals surface area contributed by atoms with Crippen LogP contribution >= 0.6 is 0 Å². The van der Waals surface area contributed by atoms with Crippen LogP contribution in [-0.2, 0) is 6.18 Å². The van der Waals surface area contributed by atoms with Crippen LogP contribution in [0.1, 0.15) is 16.1 Å². The second-order valence-corrected chi connectivity index (χ2v) is 5.18. The third kappa shape index (κ3) is 3.82. The first-order chi connectivity index (χ1) is 12.3. The molecule has 5 nitrogen and oxygen atoms in total. The zero-order chi connectivity index (χ0) is 18.7. The molecule has 0 saturated carbocycles. The van der Waals surface area contributed by atoms with Crippen LogP contribution in [0.2, 0.25) is 0 Å². The van der Waals surface area contributed by atoms with E-state index >= 15 is 0 Å². The van der Waals surface area contributed by atoms with Crippen molar-refractivity contribution in [1.82, 2.24) is 15.0 Å². The number of hydrogen-bond donors (Lipinski definition) is 1. The van der Waals surface area contributed by atoms with Crippen LogP contribution in [0.25, 0.3) is 11.3 Å². The van der Waals surface area contributed by atoms with Crippen LogP contribution in [0, 0.1) is 5.82 Å². The fourth-order valence-electron chi connectivity index (χ4n) is 2.18. The van der Waals surface area contributed by atoms with Crippen LogP contribution in [-0.4, -0.2) is 20.9 Å². The van der Waals surface area contributed by atoms with Crippen molar-refractivity contribution in [1.29, 1.82) is 0 Å². The molecule has 3 heterocycles. The lowest BCUT2D eigenvalue weighted by Gasteiger charge is -2.14. The summed E-state index contributed by atoms with van der Waals surface area (Å²) in [5, 5.41) is 2.17. The van der Waals surface area contributed by atoms with Gasteiger partial charge in [-0.3, -0.25) is 14.8 Å². The first-order valence-corrected chi connectivity index (χ1v) is 7.25. The highest BCUT2D eigenvalue weighted by Crippen LogP contribution is 2.35. The summed E-state index contributed by atoms with van der Waals surface area (Å²) >= 11 is 0. The number of carbonyl (C=O) groups excluding carboxylic acids is 1. The van der Waals surface area contributed by atoms with Crippen molar-refractivity contribution in [2.45, 2.75) is 6.18 Å². The molecule has 0 fully saturated rings. The van der Waals surface area contributed by atoms with Gasteiger partial charge in [0.25, 0.3) is 5.91 Å². The molecule has 0 aliphatic carbocycles. The molecule has 3 rings (SSSR count). The van der Waals surface area contributed by atoms with Crippen LogP contribution in [0.4, 0.5) is 23.2 Å². The lowest BCUT2D eigenvalue weighted by Crippen LogP contribution is -2.18. The molecular formula is C17H10F4N4O. The van der Waals surface area contributed by atoms with Gasteiger partial charge in [0.1, 0.15) is 5.82 Å². The van der Waals surface area contributed by atoms with E-state index in [1.54, 1.807) is 0 Å². The van der Waals surface area contributed by atoms with Crippen LogP contribution < -0.4 is 5.32 Å². The number of pyridine rings is 3. The Labute approximate surface area is 144 Å². The van der Waals surface area contributed by atoms with Gasteiger partial charge in [-0.2, -0.15) is 13.2 Å². The van der Waals surface area contributed by atoms with Gasteiger partial charge in [-0.1, -0.05) is 0 Å². The maximum Gasteiger partial charge on any atom is 0.435 e. The van der Waals surface area contributed by atoms with Gasteiger partial charge < -0.3 is 5.32 Å². The Bertz CT molecular complexity index is 945. The van der Waals surface area contributed by atoms with E-state index in [2.05, 4.69) is 20.3 Å². The quantitative estimate of drug-likeness (QED) is 0.717. The summed E-state index contributed by atoms with van der Waals surface area (Å²) in [6, 6.07) is 6.21. The first-order valence-electron chi connectivity index (χ1n) is 7.25. The van der Waals surface area contributed by atoms with E-state index in [9.17, 15) is 22.4 Å². The number of rotatable bonds is 3. The Morgan fingerprint density at radius 3 is 2.50 bits per heavy atom. The molecule has 26 heavy (non-hydrogen) atoms.